The van der Waals surface area contributed by atoms with Crippen LogP contribution < -0.4 is 27.4 Å². The zero-order valence-corrected chi connectivity index (χ0v) is 20.0. The molecule has 0 fully saturated rings. The van der Waals surface area contributed by atoms with Crippen LogP contribution in [0.5, 0.6) is 0 Å². The van der Waals surface area contributed by atoms with Crippen molar-refractivity contribution in [3.05, 3.63) is 18.2 Å². The van der Waals surface area contributed by atoms with Gasteiger partial charge in [-0.1, -0.05) is 20.3 Å². The fraction of sp³-hybridized carbons (Fsp3) is 0.619. The molecule has 0 bridgehead atoms. The maximum atomic E-state index is 13.1. The van der Waals surface area contributed by atoms with Crippen LogP contribution in [-0.2, 0) is 30.4 Å². The Morgan fingerprint density at radius 3 is 2.17 bits per heavy atom. The largest absolute Gasteiger partial charge is 0.480 e. The van der Waals surface area contributed by atoms with Gasteiger partial charge in [-0.3, -0.25) is 19.2 Å². The number of H-pyrrole nitrogens is 1. The van der Waals surface area contributed by atoms with Crippen LogP contribution in [0.3, 0.4) is 0 Å². The van der Waals surface area contributed by atoms with Gasteiger partial charge in [0.15, 0.2) is 0 Å². The monoisotopic (exact) mass is 497 g/mol. The Bertz CT molecular complexity index is 875. The van der Waals surface area contributed by atoms with Crippen LogP contribution in [0.25, 0.3) is 0 Å². The summed E-state index contributed by atoms with van der Waals surface area (Å²) in [4.78, 5) is 67.7. The van der Waals surface area contributed by atoms with E-state index in [1.54, 1.807) is 13.8 Å². The summed E-state index contributed by atoms with van der Waals surface area (Å²) in [7, 11) is 0. The second-order valence-corrected chi connectivity index (χ2v) is 8.38. The van der Waals surface area contributed by atoms with Crippen molar-refractivity contribution in [1.82, 2.24) is 25.9 Å². The standard InChI is InChI=1S/C21H35N7O7/c1-4-10(2)17(28-19(32)16(23)11(3)29)20(33)27-14(7-12-8-24-9-25-12)18(31)26-13(21(34)35)5-6-15(22)30/h8-11,13-14,16-17,29H,4-7,23H2,1-3H3,(H2,22,30)(H,24,25)(H,26,31)(H,27,33)(H,28,32)(H,34,35). The van der Waals surface area contributed by atoms with Crippen molar-refractivity contribution in [2.45, 2.75) is 76.7 Å². The molecule has 0 aliphatic rings. The van der Waals surface area contributed by atoms with Crippen LogP contribution in [0.15, 0.2) is 12.5 Å². The number of carbonyl (C=O) groups is 5. The average Bonchev–Trinajstić information content (AvgIpc) is 3.30. The van der Waals surface area contributed by atoms with E-state index in [9.17, 15) is 34.2 Å². The number of aliphatic hydroxyl groups is 1. The predicted octanol–water partition coefficient (Wildman–Crippen LogP) is -2.49. The predicted molar refractivity (Wildman–Crippen MR) is 123 cm³/mol. The molecule has 6 atom stereocenters. The summed E-state index contributed by atoms with van der Waals surface area (Å²) in [6.45, 7) is 4.85. The smallest absolute Gasteiger partial charge is 0.326 e. The zero-order chi connectivity index (χ0) is 26.7. The van der Waals surface area contributed by atoms with Crippen molar-refractivity contribution in [3.8, 4) is 0 Å². The number of imidazole rings is 1. The number of carboxylic acids is 1. The Hall–Kier alpha value is -3.52. The summed E-state index contributed by atoms with van der Waals surface area (Å²) in [6, 6.07) is -5.00. The average molecular weight is 498 g/mol. The lowest BCUT2D eigenvalue weighted by Gasteiger charge is -2.28. The van der Waals surface area contributed by atoms with Crippen molar-refractivity contribution in [3.63, 3.8) is 0 Å². The number of hydrogen-bond donors (Lipinski definition) is 8. The molecule has 0 aliphatic carbocycles. The van der Waals surface area contributed by atoms with Gasteiger partial charge in [0, 0.05) is 24.7 Å². The molecular weight excluding hydrogens is 462 g/mol. The first-order valence-electron chi connectivity index (χ1n) is 11.2. The van der Waals surface area contributed by atoms with Crippen molar-refractivity contribution in [1.29, 1.82) is 0 Å². The minimum atomic E-state index is -1.41. The van der Waals surface area contributed by atoms with Crippen molar-refractivity contribution < 1.29 is 34.2 Å². The summed E-state index contributed by atoms with van der Waals surface area (Å²) in [5.74, 6) is -4.72. The fourth-order valence-electron chi connectivity index (χ4n) is 3.07. The summed E-state index contributed by atoms with van der Waals surface area (Å²) in [5.41, 5.74) is 11.2. The summed E-state index contributed by atoms with van der Waals surface area (Å²) < 4.78 is 0. The van der Waals surface area contributed by atoms with E-state index in [-0.39, 0.29) is 25.2 Å². The Balaban J connectivity index is 3.10. The molecular formula is C21H35N7O7. The van der Waals surface area contributed by atoms with Crippen LogP contribution in [0, 0.1) is 5.92 Å². The first kappa shape index (κ1) is 29.5. The Morgan fingerprint density at radius 2 is 1.69 bits per heavy atom. The van der Waals surface area contributed by atoms with E-state index in [2.05, 4.69) is 25.9 Å². The van der Waals surface area contributed by atoms with Crippen molar-refractivity contribution in [2.75, 3.05) is 0 Å². The maximum absolute atomic E-state index is 13.1. The number of aliphatic hydroxyl groups excluding tert-OH is 1. The first-order valence-corrected chi connectivity index (χ1v) is 11.2. The molecule has 14 heteroatoms. The number of carboxylic acid groups (broad SMARTS) is 1. The van der Waals surface area contributed by atoms with Gasteiger partial charge in [-0.25, -0.2) is 9.78 Å². The van der Waals surface area contributed by atoms with E-state index in [0.29, 0.717) is 12.1 Å². The number of aromatic nitrogens is 2. The molecule has 6 unspecified atom stereocenters. The third kappa shape index (κ3) is 9.70. The molecule has 0 radical (unpaired) electrons. The Kier molecular flexibility index (Phi) is 11.8. The van der Waals surface area contributed by atoms with Crippen LogP contribution in [0.1, 0.15) is 45.7 Å². The zero-order valence-electron chi connectivity index (χ0n) is 20.0. The summed E-state index contributed by atoms with van der Waals surface area (Å²) >= 11 is 0. The van der Waals surface area contributed by atoms with Gasteiger partial charge in [0.2, 0.25) is 23.6 Å². The highest BCUT2D eigenvalue weighted by Gasteiger charge is 2.33. The number of aliphatic carboxylic acids is 1. The highest BCUT2D eigenvalue weighted by atomic mass is 16.4. The highest BCUT2D eigenvalue weighted by Crippen LogP contribution is 2.10. The van der Waals surface area contributed by atoms with E-state index in [1.807, 2.05) is 0 Å². The number of carbonyl (C=O) groups excluding carboxylic acids is 4. The van der Waals surface area contributed by atoms with Gasteiger partial charge in [-0.05, 0) is 19.3 Å². The number of nitrogens with one attached hydrogen (secondary N) is 4. The minimum absolute atomic E-state index is 0.0614. The summed E-state index contributed by atoms with van der Waals surface area (Å²) in [6.07, 6.45) is 1.59. The molecule has 4 amide bonds. The topological polar surface area (TPSA) is 243 Å². The van der Waals surface area contributed by atoms with E-state index in [0.717, 1.165) is 0 Å². The number of amides is 4. The molecule has 1 aromatic rings. The molecule has 0 aromatic carbocycles. The molecule has 1 rings (SSSR count). The van der Waals surface area contributed by atoms with E-state index in [4.69, 9.17) is 11.5 Å². The highest BCUT2D eigenvalue weighted by molar-refractivity contribution is 5.94. The third-order valence-electron chi connectivity index (χ3n) is 5.52. The van der Waals surface area contributed by atoms with Gasteiger partial charge >= 0.3 is 5.97 Å². The number of hydrogen-bond acceptors (Lipinski definition) is 8. The van der Waals surface area contributed by atoms with Crippen LogP contribution >= 0.6 is 0 Å². The lowest BCUT2D eigenvalue weighted by Crippen LogP contribution is -2.60. The van der Waals surface area contributed by atoms with E-state index >= 15 is 0 Å². The van der Waals surface area contributed by atoms with Gasteiger partial charge in [0.05, 0.1) is 12.4 Å². The van der Waals surface area contributed by atoms with Gasteiger partial charge in [-0.2, -0.15) is 0 Å². The molecule has 35 heavy (non-hydrogen) atoms. The van der Waals surface area contributed by atoms with Crippen LogP contribution in [0.4, 0.5) is 0 Å². The molecule has 0 spiro atoms. The van der Waals surface area contributed by atoms with Crippen molar-refractivity contribution in [2.24, 2.45) is 17.4 Å². The lowest BCUT2D eigenvalue weighted by atomic mass is 9.97. The Labute approximate surface area is 202 Å². The third-order valence-corrected chi connectivity index (χ3v) is 5.52. The second-order valence-electron chi connectivity index (χ2n) is 8.38. The SMILES string of the molecule is CCC(C)C(NC(=O)C(N)C(C)O)C(=O)NC(Cc1cnc[nH]1)C(=O)NC(CCC(N)=O)C(=O)O. The van der Waals surface area contributed by atoms with Crippen LogP contribution in [0.2, 0.25) is 0 Å². The molecule has 196 valence electrons. The number of nitrogens with zero attached hydrogens (tertiary/aromatic N) is 1. The van der Waals surface area contributed by atoms with Crippen molar-refractivity contribution >= 4 is 29.6 Å². The molecule has 0 saturated heterocycles. The lowest BCUT2D eigenvalue weighted by molar-refractivity contribution is -0.142. The molecule has 1 heterocycles. The molecule has 0 saturated carbocycles. The molecule has 1 aromatic heterocycles. The molecule has 10 N–H and O–H groups in total. The maximum Gasteiger partial charge on any atom is 0.326 e. The molecule has 0 aliphatic heterocycles. The Morgan fingerprint density at radius 1 is 1.06 bits per heavy atom. The van der Waals surface area contributed by atoms with E-state index in [1.165, 1.54) is 19.4 Å². The quantitative estimate of drug-likeness (QED) is 0.128. The summed E-state index contributed by atoms with van der Waals surface area (Å²) in [5, 5.41) is 26.3. The minimum Gasteiger partial charge on any atom is -0.480 e. The number of aromatic amines is 1. The van der Waals surface area contributed by atoms with Gasteiger partial charge < -0.3 is 42.6 Å². The van der Waals surface area contributed by atoms with Gasteiger partial charge in [-0.15, -0.1) is 0 Å². The van der Waals surface area contributed by atoms with Gasteiger partial charge in [0.25, 0.3) is 0 Å². The number of rotatable bonds is 15. The normalized spacial score (nSPS) is 16.1. The van der Waals surface area contributed by atoms with Crippen LogP contribution in [-0.4, -0.2) is 80.1 Å². The second kappa shape index (κ2) is 14.0. The first-order chi connectivity index (χ1) is 16.4. The van der Waals surface area contributed by atoms with Gasteiger partial charge in [0.1, 0.15) is 24.2 Å². The molecule has 14 nitrogen and oxygen atoms in total. The van der Waals surface area contributed by atoms with E-state index < -0.39 is 59.9 Å². The number of primary amides is 1. The fourth-order valence-corrected chi connectivity index (χ4v) is 3.07. The number of nitrogens with two attached hydrogens (primary N) is 2.